The summed E-state index contributed by atoms with van der Waals surface area (Å²) < 4.78 is 0. The first-order chi connectivity index (χ1) is 8.24. The van der Waals surface area contributed by atoms with Crippen LogP contribution < -0.4 is 11.1 Å². The Kier molecular flexibility index (Phi) is 3.35. The monoisotopic (exact) mass is 228 g/mol. The van der Waals surface area contributed by atoms with Crippen molar-refractivity contribution in [2.45, 2.75) is 13.0 Å². The van der Waals surface area contributed by atoms with Crippen LogP contribution in [0.4, 0.5) is 5.82 Å². The Morgan fingerprint density at radius 2 is 1.88 bits per heavy atom. The van der Waals surface area contributed by atoms with E-state index in [1.165, 1.54) is 0 Å². The molecule has 2 aromatic rings. The summed E-state index contributed by atoms with van der Waals surface area (Å²) in [4.78, 5) is 8.53. The van der Waals surface area contributed by atoms with E-state index in [1.807, 2.05) is 38.2 Å². The third-order valence-corrected chi connectivity index (χ3v) is 2.79. The van der Waals surface area contributed by atoms with Crippen molar-refractivity contribution in [2.24, 2.45) is 0 Å². The van der Waals surface area contributed by atoms with Crippen molar-refractivity contribution < 1.29 is 0 Å². The average molecular weight is 228 g/mol. The number of anilines is 1. The second kappa shape index (κ2) is 4.93. The van der Waals surface area contributed by atoms with Gasteiger partial charge in [-0.2, -0.15) is 0 Å². The molecule has 1 atom stereocenters. The van der Waals surface area contributed by atoms with Crippen LogP contribution in [0.5, 0.6) is 0 Å². The number of nitrogens with two attached hydrogens (primary N) is 1. The minimum atomic E-state index is -0.0232. The van der Waals surface area contributed by atoms with Crippen molar-refractivity contribution in [3.05, 3.63) is 53.5 Å². The molecule has 4 heteroatoms. The van der Waals surface area contributed by atoms with Crippen molar-refractivity contribution >= 4 is 5.82 Å². The zero-order valence-corrected chi connectivity index (χ0v) is 10.0. The Morgan fingerprint density at radius 1 is 1.18 bits per heavy atom. The van der Waals surface area contributed by atoms with Crippen LogP contribution in [0.15, 0.2) is 36.7 Å². The zero-order valence-electron chi connectivity index (χ0n) is 10.0. The lowest BCUT2D eigenvalue weighted by atomic mass is 10.0. The van der Waals surface area contributed by atoms with Gasteiger partial charge in [0.1, 0.15) is 5.82 Å². The molecule has 2 rings (SSSR count). The van der Waals surface area contributed by atoms with Crippen LogP contribution in [-0.2, 0) is 0 Å². The molecule has 0 aliphatic carbocycles. The molecule has 0 bridgehead atoms. The first kappa shape index (κ1) is 11.5. The van der Waals surface area contributed by atoms with Gasteiger partial charge in [-0.25, -0.2) is 4.98 Å². The van der Waals surface area contributed by atoms with Crippen LogP contribution in [0.2, 0.25) is 0 Å². The van der Waals surface area contributed by atoms with E-state index in [1.54, 1.807) is 12.4 Å². The molecular formula is C13H16N4. The van der Waals surface area contributed by atoms with E-state index < -0.39 is 0 Å². The summed E-state index contributed by atoms with van der Waals surface area (Å²) in [6.45, 7) is 2.04. The number of nitrogens with one attached hydrogen (secondary N) is 1. The molecule has 2 heterocycles. The summed E-state index contributed by atoms with van der Waals surface area (Å²) in [6, 6.07) is 7.80. The highest BCUT2D eigenvalue weighted by Gasteiger charge is 2.17. The van der Waals surface area contributed by atoms with Crippen molar-refractivity contribution in [1.82, 2.24) is 15.3 Å². The normalized spacial score (nSPS) is 12.4. The van der Waals surface area contributed by atoms with E-state index in [9.17, 15) is 0 Å². The fourth-order valence-corrected chi connectivity index (χ4v) is 1.91. The molecule has 1 unspecified atom stereocenters. The van der Waals surface area contributed by atoms with Gasteiger partial charge in [0, 0.05) is 18.0 Å². The van der Waals surface area contributed by atoms with Gasteiger partial charge in [0.2, 0.25) is 0 Å². The number of hydrogen-bond donors (Lipinski definition) is 2. The molecule has 88 valence electrons. The summed E-state index contributed by atoms with van der Waals surface area (Å²) in [5, 5.41) is 3.23. The Labute approximate surface area is 101 Å². The predicted molar refractivity (Wildman–Crippen MR) is 68.5 cm³/mol. The lowest BCUT2D eigenvalue weighted by molar-refractivity contribution is 0.665. The smallest absolute Gasteiger partial charge is 0.128 e. The van der Waals surface area contributed by atoms with Gasteiger partial charge in [-0.3, -0.25) is 4.98 Å². The fraction of sp³-hybridized carbons (Fsp3) is 0.231. The Balaban J connectivity index is 2.48. The molecule has 0 saturated heterocycles. The molecule has 17 heavy (non-hydrogen) atoms. The molecule has 0 radical (unpaired) electrons. The largest absolute Gasteiger partial charge is 0.383 e. The van der Waals surface area contributed by atoms with Crippen LogP contribution in [0, 0.1) is 6.92 Å². The molecule has 0 fully saturated rings. The lowest BCUT2D eigenvalue weighted by Gasteiger charge is -2.18. The topological polar surface area (TPSA) is 63.8 Å². The summed E-state index contributed by atoms with van der Waals surface area (Å²) in [7, 11) is 1.89. The first-order valence-corrected chi connectivity index (χ1v) is 5.53. The number of aromatic nitrogens is 2. The molecule has 0 spiro atoms. The van der Waals surface area contributed by atoms with Crippen molar-refractivity contribution in [3.63, 3.8) is 0 Å². The summed E-state index contributed by atoms with van der Waals surface area (Å²) in [5.74, 6) is 0.539. The highest BCUT2D eigenvalue weighted by molar-refractivity contribution is 5.45. The van der Waals surface area contributed by atoms with Gasteiger partial charge >= 0.3 is 0 Å². The van der Waals surface area contributed by atoms with E-state index in [0.717, 1.165) is 16.8 Å². The first-order valence-electron chi connectivity index (χ1n) is 5.53. The van der Waals surface area contributed by atoms with Crippen LogP contribution in [0.25, 0.3) is 0 Å². The van der Waals surface area contributed by atoms with Crippen molar-refractivity contribution in [1.29, 1.82) is 0 Å². The molecule has 0 aromatic carbocycles. The van der Waals surface area contributed by atoms with Gasteiger partial charge < -0.3 is 11.1 Å². The molecule has 0 aliphatic heterocycles. The van der Waals surface area contributed by atoms with Gasteiger partial charge in [0.15, 0.2) is 0 Å². The van der Waals surface area contributed by atoms with Gasteiger partial charge in [-0.15, -0.1) is 0 Å². The quantitative estimate of drug-likeness (QED) is 0.839. The van der Waals surface area contributed by atoms with Crippen LogP contribution in [-0.4, -0.2) is 17.0 Å². The SMILES string of the molecule is CNC(c1cccnc1N)c1ncccc1C. The second-order valence-electron chi connectivity index (χ2n) is 3.91. The number of rotatable bonds is 3. The van der Waals surface area contributed by atoms with Crippen LogP contribution in [0.1, 0.15) is 22.9 Å². The maximum atomic E-state index is 5.91. The van der Waals surface area contributed by atoms with Gasteiger partial charge in [-0.05, 0) is 31.7 Å². The van der Waals surface area contributed by atoms with E-state index in [0.29, 0.717) is 5.82 Å². The minimum Gasteiger partial charge on any atom is -0.383 e. The Bertz CT molecular complexity index is 465. The second-order valence-corrected chi connectivity index (χ2v) is 3.91. The lowest BCUT2D eigenvalue weighted by Crippen LogP contribution is -2.21. The van der Waals surface area contributed by atoms with E-state index in [-0.39, 0.29) is 6.04 Å². The van der Waals surface area contributed by atoms with E-state index in [2.05, 4.69) is 15.3 Å². The average Bonchev–Trinajstić information content (AvgIpc) is 2.34. The van der Waals surface area contributed by atoms with Gasteiger partial charge in [0.05, 0.1) is 11.7 Å². The standard InChI is InChI=1S/C13H16N4/c1-9-5-3-7-16-11(9)12(15-2)10-6-4-8-17-13(10)14/h3-8,12,15H,1-2H3,(H2,14,17). The molecular weight excluding hydrogens is 212 g/mol. The third kappa shape index (κ3) is 2.26. The van der Waals surface area contributed by atoms with Gasteiger partial charge in [0.25, 0.3) is 0 Å². The number of nitrogens with zero attached hydrogens (tertiary/aromatic N) is 2. The predicted octanol–water partition coefficient (Wildman–Crippen LogP) is 1.68. The molecule has 2 aromatic heterocycles. The molecule has 0 saturated carbocycles. The van der Waals surface area contributed by atoms with Crippen molar-refractivity contribution in [2.75, 3.05) is 12.8 Å². The number of nitrogen functional groups attached to an aromatic ring is 1. The maximum absolute atomic E-state index is 5.91. The maximum Gasteiger partial charge on any atom is 0.128 e. The van der Waals surface area contributed by atoms with Crippen molar-refractivity contribution in [3.8, 4) is 0 Å². The Morgan fingerprint density at radius 3 is 2.53 bits per heavy atom. The summed E-state index contributed by atoms with van der Waals surface area (Å²) >= 11 is 0. The molecule has 3 N–H and O–H groups in total. The van der Waals surface area contributed by atoms with Crippen LogP contribution >= 0.6 is 0 Å². The summed E-state index contributed by atoms with van der Waals surface area (Å²) in [6.07, 6.45) is 3.48. The molecule has 0 amide bonds. The number of aryl methyl sites for hydroxylation is 1. The zero-order chi connectivity index (χ0) is 12.3. The molecule has 4 nitrogen and oxygen atoms in total. The fourth-order valence-electron chi connectivity index (χ4n) is 1.91. The van der Waals surface area contributed by atoms with E-state index >= 15 is 0 Å². The minimum absolute atomic E-state index is 0.0232. The Hall–Kier alpha value is -1.94. The summed E-state index contributed by atoms with van der Waals surface area (Å²) in [5.41, 5.74) is 8.98. The number of hydrogen-bond acceptors (Lipinski definition) is 4. The highest BCUT2D eigenvalue weighted by atomic mass is 14.9. The molecule has 0 aliphatic rings. The van der Waals surface area contributed by atoms with E-state index in [4.69, 9.17) is 5.73 Å². The third-order valence-electron chi connectivity index (χ3n) is 2.79. The number of pyridine rings is 2. The van der Waals surface area contributed by atoms with Gasteiger partial charge in [-0.1, -0.05) is 12.1 Å². The highest BCUT2D eigenvalue weighted by Crippen LogP contribution is 2.25. The van der Waals surface area contributed by atoms with Crippen LogP contribution in [0.3, 0.4) is 0 Å².